The fraction of sp³-hybridized carbons (Fsp3) is 0.200. The average Bonchev–Trinajstić information content (AvgIpc) is 3.05. The average molecular weight is 351 g/mol. The molecule has 2 aromatic carbocycles. The maximum atomic E-state index is 12.7. The van der Waals surface area contributed by atoms with Crippen molar-refractivity contribution in [3.63, 3.8) is 0 Å². The number of para-hydroxylation sites is 2. The van der Waals surface area contributed by atoms with Crippen molar-refractivity contribution in [2.75, 3.05) is 11.9 Å². The predicted octanol–water partition coefficient (Wildman–Crippen LogP) is 3.46. The number of rotatable bonds is 6. The van der Waals surface area contributed by atoms with E-state index in [1.807, 2.05) is 48.7 Å². The van der Waals surface area contributed by atoms with Gasteiger partial charge in [0.05, 0.1) is 6.61 Å². The second-order valence-corrected chi connectivity index (χ2v) is 5.84. The van der Waals surface area contributed by atoms with Gasteiger partial charge >= 0.3 is 6.09 Å². The van der Waals surface area contributed by atoms with Crippen molar-refractivity contribution in [3.8, 4) is 0 Å². The minimum atomic E-state index is -0.756. The summed E-state index contributed by atoms with van der Waals surface area (Å²) in [5.41, 5.74) is 2.61. The molecule has 0 saturated heterocycles. The summed E-state index contributed by atoms with van der Waals surface area (Å²) in [6.07, 6.45) is 1.60. The molecule has 0 spiro atoms. The van der Waals surface area contributed by atoms with Crippen LogP contribution < -0.4 is 10.6 Å². The maximum Gasteiger partial charge on any atom is 0.407 e. The maximum absolute atomic E-state index is 12.7. The van der Waals surface area contributed by atoms with Gasteiger partial charge in [0.1, 0.15) is 6.04 Å². The van der Waals surface area contributed by atoms with Crippen LogP contribution in [0.1, 0.15) is 12.5 Å². The van der Waals surface area contributed by atoms with Crippen molar-refractivity contribution >= 4 is 28.6 Å². The third-order valence-corrected chi connectivity index (χ3v) is 4.02. The molecule has 0 bridgehead atoms. The second-order valence-electron chi connectivity index (χ2n) is 5.84. The number of alkyl carbamates (subject to hydrolysis) is 1. The Morgan fingerprint density at radius 1 is 1.08 bits per heavy atom. The summed E-state index contributed by atoms with van der Waals surface area (Å²) < 4.78 is 4.94. The van der Waals surface area contributed by atoms with Gasteiger partial charge in [-0.3, -0.25) is 4.79 Å². The van der Waals surface area contributed by atoms with Crippen molar-refractivity contribution < 1.29 is 14.3 Å². The molecule has 1 aromatic heterocycles. The van der Waals surface area contributed by atoms with Gasteiger partial charge in [-0.15, -0.1) is 0 Å². The molecule has 3 rings (SSSR count). The normalized spacial score (nSPS) is 11.7. The number of carbonyl (C=O) groups excluding carboxylic acids is 2. The Morgan fingerprint density at radius 3 is 2.58 bits per heavy atom. The zero-order valence-corrected chi connectivity index (χ0v) is 14.5. The fourth-order valence-electron chi connectivity index (χ4n) is 2.80. The van der Waals surface area contributed by atoms with Crippen LogP contribution in [0.4, 0.5) is 10.5 Å². The Morgan fingerprint density at radius 2 is 1.81 bits per heavy atom. The summed E-state index contributed by atoms with van der Waals surface area (Å²) in [4.78, 5) is 27.8. The number of hydrogen-bond acceptors (Lipinski definition) is 3. The van der Waals surface area contributed by atoms with Crippen molar-refractivity contribution in [1.82, 2.24) is 10.3 Å². The highest BCUT2D eigenvalue weighted by Crippen LogP contribution is 2.19. The Kier molecular flexibility index (Phi) is 5.53. The first kappa shape index (κ1) is 17.5. The number of ether oxygens (including phenoxy) is 1. The monoisotopic (exact) mass is 351 g/mol. The van der Waals surface area contributed by atoms with E-state index in [1.54, 1.807) is 19.1 Å². The third kappa shape index (κ3) is 4.22. The number of H-pyrrole nitrogens is 1. The molecule has 134 valence electrons. The molecule has 6 nitrogen and oxygen atoms in total. The lowest BCUT2D eigenvalue weighted by Crippen LogP contribution is -2.45. The number of carbonyl (C=O) groups is 2. The van der Waals surface area contributed by atoms with E-state index in [1.165, 1.54) is 0 Å². The summed E-state index contributed by atoms with van der Waals surface area (Å²) >= 11 is 0. The molecular formula is C20H21N3O3. The van der Waals surface area contributed by atoms with Crippen LogP contribution in [-0.2, 0) is 16.0 Å². The van der Waals surface area contributed by atoms with Crippen molar-refractivity contribution in [2.45, 2.75) is 19.4 Å². The fourth-order valence-corrected chi connectivity index (χ4v) is 2.80. The number of nitrogens with one attached hydrogen (secondary N) is 3. The molecule has 1 atom stereocenters. The number of aromatic nitrogens is 1. The lowest BCUT2D eigenvalue weighted by atomic mass is 10.0. The van der Waals surface area contributed by atoms with Crippen molar-refractivity contribution in [3.05, 3.63) is 66.4 Å². The number of benzene rings is 2. The van der Waals surface area contributed by atoms with E-state index in [9.17, 15) is 9.59 Å². The summed E-state index contributed by atoms with van der Waals surface area (Å²) in [6.45, 7) is 1.96. The van der Waals surface area contributed by atoms with Crippen molar-refractivity contribution in [1.29, 1.82) is 0 Å². The highest BCUT2D eigenvalue weighted by molar-refractivity contribution is 5.97. The lowest BCUT2D eigenvalue weighted by molar-refractivity contribution is -0.118. The first-order valence-electron chi connectivity index (χ1n) is 8.51. The Bertz CT molecular complexity index is 889. The predicted molar refractivity (Wildman–Crippen MR) is 101 cm³/mol. The summed E-state index contributed by atoms with van der Waals surface area (Å²) in [5.74, 6) is -0.297. The van der Waals surface area contributed by atoms with Gasteiger partial charge in [0.2, 0.25) is 5.91 Å². The van der Waals surface area contributed by atoms with Gasteiger partial charge in [0, 0.05) is 29.2 Å². The highest BCUT2D eigenvalue weighted by Gasteiger charge is 2.23. The molecule has 1 heterocycles. The van der Waals surface area contributed by atoms with Crippen LogP contribution >= 0.6 is 0 Å². The van der Waals surface area contributed by atoms with Gasteiger partial charge in [0.25, 0.3) is 0 Å². The summed E-state index contributed by atoms with van der Waals surface area (Å²) in [6, 6.07) is 16.2. The first-order chi connectivity index (χ1) is 12.7. The number of amides is 2. The van der Waals surface area contributed by atoms with Crippen LogP contribution in [0.25, 0.3) is 10.9 Å². The van der Waals surface area contributed by atoms with Crippen LogP contribution in [0.2, 0.25) is 0 Å². The van der Waals surface area contributed by atoms with E-state index < -0.39 is 12.1 Å². The standard InChI is InChI=1S/C20H21N3O3/c1-2-26-20(25)23-18(19(24)22-15-8-4-3-5-9-15)12-14-13-21-17-11-7-6-10-16(14)17/h3-11,13,18,21H,2,12H2,1H3,(H,22,24)(H,23,25)/t18-/m0/s1. The quantitative estimate of drug-likeness (QED) is 0.636. The summed E-state index contributed by atoms with van der Waals surface area (Å²) in [7, 11) is 0. The van der Waals surface area contributed by atoms with Gasteiger partial charge in [-0.1, -0.05) is 36.4 Å². The largest absolute Gasteiger partial charge is 0.450 e. The SMILES string of the molecule is CCOC(=O)N[C@@H](Cc1c[nH]c2ccccc12)C(=O)Nc1ccccc1. The van der Waals surface area contributed by atoms with Crippen LogP contribution in [0, 0.1) is 0 Å². The van der Waals surface area contributed by atoms with Crippen LogP contribution in [-0.4, -0.2) is 29.6 Å². The molecule has 3 N–H and O–H groups in total. The van der Waals surface area contributed by atoms with Gasteiger partial charge < -0.3 is 20.4 Å². The molecule has 2 amide bonds. The van der Waals surface area contributed by atoms with Gasteiger partial charge in [-0.2, -0.15) is 0 Å². The molecule has 0 aliphatic heterocycles. The molecule has 26 heavy (non-hydrogen) atoms. The molecule has 3 aromatic rings. The second kappa shape index (κ2) is 8.20. The molecule has 6 heteroatoms. The van der Waals surface area contributed by atoms with E-state index >= 15 is 0 Å². The number of hydrogen-bond donors (Lipinski definition) is 3. The smallest absolute Gasteiger partial charge is 0.407 e. The molecular weight excluding hydrogens is 330 g/mol. The minimum Gasteiger partial charge on any atom is -0.450 e. The van der Waals surface area contributed by atoms with Crippen molar-refractivity contribution in [2.24, 2.45) is 0 Å². The van der Waals surface area contributed by atoms with E-state index in [0.717, 1.165) is 16.5 Å². The van der Waals surface area contributed by atoms with Gasteiger partial charge in [0.15, 0.2) is 0 Å². The molecule has 0 aliphatic carbocycles. The molecule has 0 aliphatic rings. The van der Waals surface area contributed by atoms with E-state index in [-0.39, 0.29) is 12.5 Å². The van der Waals surface area contributed by atoms with E-state index in [2.05, 4.69) is 15.6 Å². The van der Waals surface area contributed by atoms with Gasteiger partial charge in [-0.05, 0) is 30.7 Å². The Balaban J connectivity index is 1.80. The Hall–Kier alpha value is -3.28. The zero-order chi connectivity index (χ0) is 18.4. The summed E-state index contributed by atoms with van der Waals surface area (Å²) in [5, 5.41) is 6.51. The number of fused-ring (bicyclic) bond motifs is 1. The van der Waals surface area contributed by atoms with Crippen LogP contribution in [0.15, 0.2) is 60.8 Å². The Labute approximate surface area is 151 Å². The molecule has 0 radical (unpaired) electrons. The number of anilines is 1. The first-order valence-corrected chi connectivity index (χ1v) is 8.51. The van der Waals surface area contributed by atoms with Gasteiger partial charge in [-0.25, -0.2) is 4.79 Å². The van der Waals surface area contributed by atoms with E-state index in [4.69, 9.17) is 4.74 Å². The van der Waals surface area contributed by atoms with E-state index in [0.29, 0.717) is 12.1 Å². The van der Waals surface area contributed by atoms with Crippen LogP contribution in [0.3, 0.4) is 0 Å². The lowest BCUT2D eigenvalue weighted by Gasteiger charge is -2.18. The number of aromatic amines is 1. The minimum absolute atomic E-state index is 0.242. The topological polar surface area (TPSA) is 83.2 Å². The molecule has 0 fully saturated rings. The highest BCUT2D eigenvalue weighted by atomic mass is 16.5. The molecule has 0 saturated carbocycles. The van der Waals surface area contributed by atoms with Crippen LogP contribution in [0.5, 0.6) is 0 Å². The third-order valence-electron chi connectivity index (χ3n) is 4.02. The molecule has 0 unspecified atom stereocenters. The zero-order valence-electron chi connectivity index (χ0n) is 14.5.